The topological polar surface area (TPSA) is 67.4 Å². The monoisotopic (exact) mass is 314 g/mol. The van der Waals surface area contributed by atoms with E-state index in [2.05, 4.69) is 31.3 Å². The fourth-order valence-corrected chi connectivity index (χ4v) is 1.65. The number of hydrogen-bond acceptors (Lipinski definition) is 3. The summed E-state index contributed by atoms with van der Waals surface area (Å²) in [6.07, 6.45) is -0.478. The first-order valence-corrected chi connectivity index (χ1v) is 6.37. The van der Waals surface area contributed by atoms with Gasteiger partial charge in [-0.1, -0.05) is 22.0 Å². The fraction of sp³-hybridized carbons (Fsp3) is 0.333. The highest BCUT2D eigenvalue weighted by molar-refractivity contribution is 9.10. The number of ether oxygens (including phenoxy) is 1. The Bertz CT molecular complexity index is 424. The molecule has 0 aromatic heterocycles. The first kappa shape index (κ1) is 14.5. The lowest BCUT2D eigenvalue weighted by atomic mass is 10.2. The van der Waals surface area contributed by atoms with Crippen LogP contribution < -0.4 is 10.6 Å². The van der Waals surface area contributed by atoms with Gasteiger partial charge in [-0.3, -0.25) is 4.79 Å². The summed E-state index contributed by atoms with van der Waals surface area (Å²) in [5.41, 5.74) is 0.570. The summed E-state index contributed by atoms with van der Waals surface area (Å²) in [6.45, 7) is 2.74. The van der Waals surface area contributed by atoms with Crippen LogP contribution in [0.4, 0.5) is 4.79 Å². The minimum Gasteiger partial charge on any atom is -0.450 e. The molecule has 0 bridgehead atoms. The van der Waals surface area contributed by atoms with E-state index in [9.17, 15) is 9.59 Å². The summed E-state index contributed by atoms with van der Waals surface area (Å²) in [4.78, 5) is 22.6. The van der Waals surface area contributed by atoms with Crippen molar-refractivity contribution < 1.29 is 14.3 Å². The predicted octanol–water partition coefficient (Wildman–Crippen LogP) is 1.92. The van der Waals surface area contributed by atoms with Gasteiger partial charge in [0.05, 0.1) is 6.61 Å². The number of alkyl carbamates (subject to hydrolysis) is 1. The van der Waals surface area contributed by atoms with Crippen LogP contribution in [-0.2, 0) is 4.74 Å². The Morgan fingerprint density at radius 3 is 2.67 bits per heavy atom. The second kappa shape index (κ2) is 7.71. The van der Waals surface area contributed by atoms with E-state index in [-0.39, 0.29) is 5.91 Å². The quantitative estimate of drug-likeness (QED) is 0.816. The summed E-state index contributed by atoms with van der Waals surface area (Å²) >= 11 is 3.30. The first-order valence-electron chi connectivity index (χ1n) is 5.58. The average molecular weight is 315 g/mol. The van der Waals surface area contributed by atoms with Crippen LogP contribution >= 0.6 is 15.9 Å². The number of carbonyl (C=O) groups excluding carboxylic acids is 2. The molecular weight excluding hydrogens is 300 g/mol. The molecule has 2 N–H and O–H groups in total. The molecule has 0 spiro atoms. The van der Waals surface area contributed by atoms with Gasteiger partial charge in [0, 0.05) is 23.1 Å². The molecule has 6 heteroatoms. The van der Waals surface area contributed by atoms with E-state index in [1.807, 2.05) is 6.07 Å². The summed E-state index contributed by atoms with van der Waals surface area (Å²) < 4.78 is 5.53. The van der Waals surface area contributed by atoms with Gasteiger partial charge in [-0.25, -0.2) is 4.79 Å². The van der Waals surface area contributed by atoms with Crippen LogP contribution in [0.25, 0.3) is 0 Å². The fourth-order valence-electron chi connectivity index (χ4n) is 1.25. The third-order valence-electron chi connectivity index (χ3n) is 2.04. The van der Waals surface area contributed by atoms with Crippen LogP contribution in [0.1, 0.15) is 17.3 Å². The summed E-state index contributed by atoms with van der Waals surface area (Å²) in [7, 11) is 0. The molecule has 0 radical (unpaired) electrons. The van der Waals surface area contributed by atoms with Crippen LogP contribution in [0.5, 0.6) is 0 Å². The van der Waals surface area contributed by atoms with Gasteiger partial charge in [-0.2, -0.15) is 0 Å². The van der Waals surface area contributed by atoms with Gasteiger partial charge < -0.3 is 15.4 Å². The summed E-state index contributed by atoms with van der Waals surface area (Å²) in [5.74, 6) is -0.179. The zero-order valence-electron chi connectivity index (χ0n) is 10.0. The average Bonchev–Trinajstić information content (AvgIpc) is 2.35. The Morgan fingerprint density at radius 1 is 1.28 bits per heavy atom. The third-order valence-corrected chi connectivity index (χ3v) is 2.54. The largest absolute Gasteiger partial charge is 0.450 e. The van der Waals surface area contributed by atoms with Gasteiger partial charge in [0.25, 0.3) is 5.91 Å². The third kappa shape index (κ3) is 5.18. The van der Waals surface area contributed by atoms with Crippen molar-refractivity contribution in [3.63, 3.8) is 0 Å². The van der Waals surface area contributed by atoms with E-state index >= 15 is 0 Å². The molecule has 0 fully saturated rings. The van der Waals surface area contributed by atoms with Crippen LogP contribution in [0, 0.1) is 0 Å². The van der Waals surface area contributed by atoms with E-state index in [1.54, 1.807) is 25.1 Å². The molecule has 0 saturated carbocycles. The molecule has 0 unspecified atom stereocenters. The molecule has 18 heavy (non-hydrogen) atoms. The summed E-state index contributed by atoms with van der Waals surface area (Å²) in [6, 6.07) is 7.09. The number of halogens is 1. The molecular formula is C12H15BrN2O3. The SMILES string of the molecule is CCOC(=O)NCCNC(=O)c1cccc(Br)c1. The Kier molecular flexibility index (Phi) is 6.21. The highest BCUT2D eigenvalue weighted by Gasteiger charge is 2.05. The standard InChI is InChI=1S/C12H15BrN2O3/c1-2-18-12(17)15-7-6-14-11(16)9-4-3-5-10(13)8-9/h3-5,8H,2,6-7H2,1H3,(H,14,16)(H,15,17). The molecule has 0 atom stereocenters. The van der Waals surface area contributed by atoms with Crippen LogP contribution in [0.2, 0.25) is 0 Å². The van der Waals surface area contributed by atoms with Crippen LogP contribution in [-0.4, -0.2) is 31.7 Å². The Morgan fingerprint density at radius 2 is 2.00 bits per heavy atom. The lowest BCUT2D eigenvalue weighted by molar-refractivity contribution is 0.0952. The number of hydrogen-bond donors (Lipinski definition) is 2. The Balaban J connectivity index is 2.27. The number of rotatable bonds is 5. The van der Waals surface area contributed by atoms with Crippen molar-refractivity contribution >= 4 is 27.9 Å². The van der Waals surface area contributed by atoms with Gasteiger partial charge >= 0.3 is 6.09 Å². The smallest absolute Gasteiger partial charge is 0.407 e. The van der Waals surface area contributed by atoms with Gasteiger partial charge in [0.2, 0.25) is 0 Å². The molecule has 0 aliphatic rings. The zero-order valence-corrected chi connectivity index (χ0v) is 11.6. The van der Waals surface area contributed by atoms with Gasteiger partial charge in [-0.15, -0.1) is 0 Å². The van der Waals surface area contributed by atoms with E-state index < -0.39 is 6.09 Å². The number of nitrogens with one attached hydrogen (secondary N) is 2. The minimum atomic E-state index is -0.478. The van der Waals surface area contributed by atoms with Crippen molar-refractivity contribution in [2.24, 2.45) is 0 Å². The molecule has 5 nitrogen and oxygen atoms in total. The molecule has 0 saturated heterocycles. The molecule has 0 aliphatic heterocycles. The minimum absolute atomic E-state index is 0.179. The maximum atomic E-state index is 11.7. The molecule has 0 aliphatic carbocycles. The maximum Gasteiger partial charge on any atom is 0.407 e. The van der Waals surface area contributed by atoms with Gasteiger partial charge in [0.15, 0.2) is 0 Å². The molecule has 0 heterocycles. The number of benzene rings is 1. The molecule has 98 valence electrons. The van der Waals surface area contributed by atoms with E-state index in [0.29, 0.717) is 25.3 Å². The van der Waals surface area contributed by atoms with Crippen molar-refractivity contribution in [2.45, 2.75) is 6.92 Å². The Hall–Kier alpha value is -1.56. The van der Waals surface area contributed by atoms with Gasteiger partial charge in [-0.05, 0) is 25.1 Å². The molecule has 1 aromatic rings. The van der Waals surface area contributed by atoms with Crippen molar-refractivity contribution in [3.05, 3.63) is 34.3 Å². The van der Waals surface area contributed by atoms with Crippen LogP contribution in [0.3, 0.4) is 0 Å². The predicted molar refractivity (Wildman–Crippen MR) is 71.5 cm³/mol. The zero-order chi connectivity index (χ0) is 13.4. The van der Waals surface area contributed by atoms with E-state index in [4.69, 9.17) is 0 Å². The normalized spacial score (nSPS) is 9.67. The van der Waals surface area contributed by atoms with Crippen molar-refractivity contribution in [2.75, 3.05) is 19.7 Å². The lowest BCUT2D eigenvalue weighted by Gasteiger charge is -2.07. The highest BCUT2D eigenvalue weighted by Crippen LogP contribution is 2.11. The van der Waals surface area contributed by atoms with Crippen LogP contribution in [0.15, 0.2) is 28.7 Å². The van der Waals surface area contributed by atoms with Crippen molar-refractivity contribution in [1.82, 2.24) is 10.6 Å². The second-order valence-corrected chi connectivity index (χ2v) is 4.33. The first-order chi connectivity index (χ1) is 8.63. The highest BCUT2D eigenvalue weighted by atomic mass is 79.9. The number of amides is 2. The molecule has 1 rings (SSSR count). The van der Waals surface area contributed by atoms with E-state index in [1.165, 1.54) is 0 Å². The summed E-state index contributed by atoms with van der Waals surface area (Å²) in [5, 5.41) is 5.21. The number of carbonyl (C=O) groups is 2. The molecule has 1 aromatic carbocycles. The van der Waals surface area contributed by atoms with E-state index in [0.717, 1.165) is 4.47 Å². The maximum absolute atomic E-state index is 11.7. The lowest BCUT2D eigenvalue weighted by Crippen LogP contribution is -2.34. The van der Waals surface area contributed by atoms with Crippen molar-refractivity contribution in [3.8, 4) is 0 Å². The van der Waals surface area contributed by atoms with Crippen molar-refractivity contribution in [1.29, 1.82) is 0 Å². The second-order valence-electron chi connectivity index (χ2n) is 3.41. The molecule has 2 amide bonds. The van der Waals surface area contributed by atoms with Gasteiger partial charge in [0.1, 0.15) is 0 Å². The Labute approximate surface area is 114 Å².